The van der Waals surface area contributed by atoms with E-state index >= 15 is 0 Å². The summed E-state index contributed by atoms with van der Waals surface area (Å²) in [4.78, 5) is 22.1. The van der Waals surface area contributed by atoms with E-state index < -0.39 is 5.97 Å². The molecule has 1 aromatic rings. The van der Waals surface area contributed by atoms with Gasteiger partial charge in [0.1, 0.15) is 0 Å². The van der Waals surface area contributed by atoms with Gasteiger partial charge in [0.05, 0.1) is 24.4 Å². The average molecular weight is 277 g/mol. The summed E-state index contributed by atoms with van der Waals surface area (Å²) in [5.41, 5.74) is 0. The smallest absolute Gasteiger partial charge is 0.308 e. The third-order valence-corrected chi connectivity index (χ3v) is 4.07. The minimum Gasteiger partial charge on any atom is -0.481 e. The molecule has 3 atom stereocenters. The number of aromatic nitrogens is 2. The Bertz CT molecular complexity index is 520. The lowest BCUT2D eigenvalue weighted by Gasteiger charge is -2.24. The summed E-state index contributed by atoms with van der Waals surface area (Å²) in [7, 11) is 0. The molecule has 0 radical (unpaired) electrons. The van der Waals surface area contributed by atoms with Crippen molar-refractivity contribution in [1.29, 1.82) is 0 Å². The summed E-state index contributed by atoms with van der Waals surface area (Å²) in [5, 5.41) is 9.29. The van der Waals surface area contributed by atoms with Gasteiger partial charge in [-0.25, -0.2) is 0 Å². The van der Waals surface area contributed by atoms with Crippen molar-refractivity contribution in [3.05, 3.63) is 12.4 Å². The van der Waals surface area contributed by atoms with Crippen molar-refractivity contribution < 1.29 is 14.6 Å². The van der Waals surface area contributed by atoms with Crippen molar-refractivity contribution in [2.75, 3.05) is 4.90 Å². The molecule has 2 saturated heterocycles. The molecule has 2 fully saturated rings. The van der Waals surface area contributed by atoms with Crippen LogP contribution >= 0.6 is 0 Å². The number of carbonyl (C=O) groups is 1. The summed E-state index contributed by atoms with van der Waals surface area (Å²) < 4.78 is 5.56. The van der Waals surface area contributed by atoms with Gasteiger partial charge in [-0.05, 0) is 33.1 Å². The van der Waals surface area contributed by atoms with Crippen LogP contribution in [-0.4, -0.2) is 39.2 Å². The zero-order valence-electron chi connectivity index (χ0n) is 11.7. The van der Waals surface area contributed by atoms with Crippen molar-refractivity contribution in [3.63, 3.8) is 0 Å². The molecule has 20 heavy (non-hydrogen) atoms. The predicted octanol–water partition coefficient (Wildman–Crippen LogP) is 1.71. The topological polar surface area (TPSA) is 75.5 Å². The van der Waals surface area contributed by atoms with E-state index in [1.807, 2.05) is 13.8 Å². The number of hydrogen-bond donors (Lipinski definition) is 1. The van der Waals surface area contributed by atoms with Crippen LogP contribution in [0.3, 0.4) is 0 Å². The SMILES string of the molecule is CC(C)Oc1cncc(N2C3CCC2C(C(=O)O)C3)n1. The summed E-state index contributed by atoms with van der Waals surface area (Å²) in [5.74, 6) is 0.241. The maximum atomic E-state index is 11.3. The Hall–Kier alpha value is -1.85. The first-order valence-corrected chi connectivity index (χ1v) is 7.06. The van der Waals surface area contributed by atoms with Crippen LogP contribution in [0.15, 0.2) is 12.4 Å². The van der Waals surface area contributed by atoms with Crippen LogP contribution in [0.1, 0.15) is 33.1 Å². The van der Waals surface area contributed by atoms with E-state index in [2.05, 4.69) is 14.9 Å². The molecule has 2 bridgehead atoms. The second-order valence-electron chi connectivity index (χ2n) is 5.77. The molecule has 1 aromatic heterocycles. The molecule has 6 nitrogen and oxygen atoms in total. The lowest BCUT2D eigenvalue weighted by molar-refractivity contribution is -0.142. The number of hydrogen-bond acceptors (Lipinski definition) is 5. The van der Waals surface area contributed by atoms with Gasteiger partial charge in [-0.2, -0.15) is 4.98 Å². The maximum Gasteiger partial charge on any atom is 0.308 e. The molecule has 3 rings (SSSR count). The predicted molar refractivity (Wildman–Crippen MR) is 72.8 cm³/mol. The van der Waals surface area contributed by atoms with E-state index in [9.17, 15) is 9.90 Å². The molecule has 2 aliphatic rings. The molecule has 3 unspecified atom stereocenters. The minimum absolute atomic E-state index is 0.0427. The van der Waals surface area contributed by atoms with Gasteiger partial charge in [0.2, 0.25) is 5.88 Å². The van der Waals surface area contributed by atoms with E-state index in [0.29, 0.717) is 12.3 Å². The molecular weight excluding hydrogens is 258 g/mol. The monoisotopic (exact) mass is 277 g/mol. The van der Waals surface area contributed by atoms with E-state index in [1.54, 1.807) is 12.4 Å². The summed E-state index contributed by atoms with van der Waals surface area (Å²) in [6.07, 6.45) is 5.99. The largest absolute Gasteiger partial charge is 0.481 e. The summed E-state index contributed by atoms with van der Waals surface area (Å²) in [6, 6.07) is 0.311. The number of carboxylic acids is 1. The quantitative estimate of drug-likeness (QED) is 0.903. The van der Waals surface area contributed by atoms with Crippen molar-refractivity contribution in [2.24, 2.45) is 5.92 Å². The third kappa shape index (κ3) is 2.19. The van der Waals surface area contributed by atoms with E-state index in [-0.39, 0.29) is 24.1 Å². The second kappa shape index (κ2) is 4.92. The van der Waals surface area contributed by atoms with Gasteiger partial charge in [0.15, 0.2) is 5.82 Å². The zero-order valence-corrected chi connectivity index (χ0v) is 11.7. The molecule has 108 valence electrons. The first kappa shape index (κ1) is 13.1. The Morgan fingerprint density at radius 2 is 2.25 bits per heavy atom. The first-order valence-electron chi connectivity index (χ1n) is 7.06. The Morgan fingerprint density at radius 1 is 1.45 bits per heavy atom. The molecular formula is C14H19N3O3. The Balaban J connectivity index is 1.85. The van der Waals surface area contributed by atoms with Crippen molar-refractivity contribution in [3.8, 4) is 5.88 Å². The van der Waals surface area contributed by atoms with Gasteiger partial charge < -0.3 is 14.7 Å². The van der Waals surface area contributed by atoms with Gasteiger partial charge in [0.25, 0.3) is 0 Å². The molecule has 0 amide bonds. The fraction of sp³-hybridized carbons (Fsp3) is 0.643. The average Bonchev–Trinajstić information content (AvgIpc) is 2.95. The molecule has 6 heteroatoms. The van der Waals surface area contributed by atoms with Crippen molar-refractivity contribution in [2.45, 2.75) is 51.3 Å². The number of fused-ring (bicyclic) bond motifs is 2. The number of nitrogens with zero attached hydrogens (tertiary/aromatic N) is 3. The Morgan fingerprint density at radius 3 is 2.90 bits per heavy atom. The van der Waals surface area contributed by atoms with Gasteiger partial charge in [-0.1, -0.05) is 0 Å². The van der Waals surface area contributed by atoms with Crippen LogP contribution < -0.4 is 9.64 Å². The first-order chi connectivity index (χ1) is 9.56. The number of anilines is 1. The Kier molecular flexibility index (Phi) is 3.23. The number of carboxylic acid groups (broad SMARTS) is 1. The highest BCUT2D eigenvalue weighted by atomic mass is 16.5. The molecule has 0 spiro atoms. The summed E-state index contributed by atoms with van der Waals surface area (Å²) >= 11 is 0. The van der Waals surface area contributed by atoms with Crippen molar-refractivity contribution in [1.82, 2.24) is 9.97 Å². The Labute approximate surface area is 117 Å². The molecule has 2 aliphatic heterocycles. The van der Waals surface area contributed by atoms with Gasteiger partial charge >= 0.3 is 5.97 Å². The second-order valence-corrected chi connectivity index (χ2v) is 5.77. The number of aliphatic carboxylic acids is 1. The van der Waals surface area contributed by atoms with Gasteiger partial charge in [-0.3, -0.25) is 9.78 Å². The van der Waals surface area contributed by atoms with Gasteiger partial charge in [-0.15, -0.1) is 0 Å². The molecule has 0 saturated carbocycles. The standard InChI is InChI=1S/C14H19N3O3/c1-8(2)20-13-7-15-6-12(16-13)17-9-3-4-11(17)10(5-9)14(18)19/h6-11H,3-5H2,1-2H3,(H,18,19). The highest BCUT2D eigenvalue weighted by Gasteiger charge is 2.49. The third-order valence-electron chi connectivity index (χ3n) is 4.07. The normalized spacial score (nSPS) is 28.1. The lowest BCUT2D eigenvalue weighted by atomic mass is 9.89. The van der Waals surface area contributed by atoms with Crippen LogP contribution in [-0.2, 0) is 4.79 Å². The fourth-order valence-electron chi connectivity index (χ4n) is 3.37. The zero-order chi connectivity index (χ0) is 14.3. The highest BCUT2D eigenvalue weighted by molar-refractivity contribution is 5.73. The van der Waals surface area contributed by atoms with E-state index in [0.717, 1.165) is 18.7 Å². The van der Waals surface area contributed by atoms with Crippen LogP contribution in [0.25, 0.3) is 0 Å². The fourth-order valence-corrected chi connectivity index (χ4v) is 3.37. The number of rotatable bonds is 4. The highest BCUT2D eigenvalue weighted by Crippen LogP contribution is 2.44. The van der Waals surface area contributed by atoms with Crippen LogP contribution in [0.4, 0.5) is 5.82 Å². The summed E-state index contributed by atoms with van der Waals surface area (Å²) in [6.45, 7) is 3.88. The van der Waals surface area contributed by atoms with Crippen LogP contribution in [0.5, 0.6) is 5.88 Å². The molecule has 0 aromatic carbocycles. The maximum absolute atomic E-state index is 11.3. The van der Waals surface area contributed by atoms with Crippen molar-refractivity contribution >= 4 is 11.8 Å². The molecule has 3 heterocycles. The number of ether oxygens (including phenoxy) is 1. The van der Waals surface area contributed by atoms with Gasteiger partial charge in [0, 0.05) is 12.1 Å². The van der Waals surface area contributed by atoms with Crippen LogP contribution in [0, 0.1) is 5.92 Å². The van der Waals surface area contributed by atoms with E-state index in [4.69, 9.17) is 4.74 Å². The molecule has 0 aliphatic carbocycles. The molecule has 1 N–H and O–H groups in total. The van der Waals surface area contributed by atoms with E-state index in [1.165, 1.54) is 0 Å². The minimum atomic E-state index is -0.704. The lowest BCUT2D eigenvalue weighted by Crippen LogP contribution is -2.33. The van der Waals surface area contributed by atoms with Crippen LogP contribution in [0.2, 0.25) is 0 Å².